The van der Waals surface area contributed by atoms with Crippen molar-refractivity contribution in [2.24, 2.45) is 0 Å². The van der Waals surface area contributed by atoms with Gasteiger partial charge in [-0.3, -0.25) is 18.8 Å². The maximum atomic E-state index is 12.3. The Morgan fingerprint density at radius 2 is 1.67 bits per heavy atom. The Hall–Kier alpha value is -2.36. The van der Waals surface area contributed by atoms with Crippen molar-refractivity contribution in [1.29, 1.82) is 0 Å². The molecule has 3 rings (SSSR count). The Balaban J connectivity index is 1.91. The number of aromatic amines is 2. The number of aliphatic hydroxyl groups is 3. The standard InChI is InChI=1S/C18H24N4O12P2/c1-8-4-10-11(5-9(8)2)22(16-14(19-10)17(26)21-18(27)20-16)6-12(23)15(25)13(24)7-33-36(30,31)34-35(28,29)32-3/h4-5,12-13,15,23-25H,6-7H2,1-3H3,(H3,21,26,27,28,29,30,31)/p+1/t12-,13+,15-/m0/s1. The van der Waals surface area contributed by atoms with E-state index in [1.807, 2.05) is 6.92 Å². The molecule has 0 saturated carbocycles. The summed E-state index contributed by atoms with van der Waals surface area (Å²) >= 11 is 0. The zero-order chi connectivity index (χ0) is 27.0. The molecule has 16 nitrogen and oxygen atoms in total. The predicted molar refractivity (Wildman–Crippen MR) is 122 cm³/mol. The lowest BCUT2D eigenvalue weighted by Gasteiger charge is -2.23. The van der Waals surface area contributed by atoms with Crippen molar-refractivity contribution in [2.45, 2.75) is 38.7 Å². The number of nitrogens with zero attached hydrogens (tertiary/aromatic N) is 2. The Labute approximate surface area is 202 Å². The van der Waals surface area contributed by atoms with Gasteiger partial charge in [-0.05, 0) is 37.1 Å². The van der Waals surface area contributed by atoms with Crippen LogP contribution >= 0.6 is 15.6 Å². The summed E-state index contributed by atoms with van der Waals surface area (Å²) in [5.41, 5.74) is 0.557. The van der Waals surface area contributed by atoms with E-state index in [0.29, 0.717) is 11.0 Å². The van der Waals surface area contributed by atoms with E-state index in [9.17, 15) is 38.9 Å². The van der Waals surface area contributed by atoms with E-state index < -0.39 is 58.4 Å². The highest BCUT2D eigenvalue weighted by Gasteiger charge is 2.37. The van der Waals surface area contributed by atoms with E-state index in [2.05, 4.69) is 28.3 Å². The van der Waals surface area contributed by atoms with Gasteiger partial charge in [0.25, 0.3) is 5.56 Å². The summed E-state index contributed by atoms with van der Waals surface area (Å²) < 4.78 is 36.7. The van der Waals surface area contributed by atoms with Crippen molar-refractivity contribution in [3.05, 3.63) is 44.1 Å². The number of rotatable bonds is 10. The molecule has 0 spiro atoms. The molecule has 0 aliphatic carbocycles. The van der Waals surface area contributed by atoms with Gasteiger partial charge in [-0.15, -0.1) is 0 Å². The van der Waals surface area contributed by atoms with Gasteiger partial charge in [0.05, 0.1) is 6.61 Å². The summed E-state index contributed by atoms with van der Waals surface area (Å²) in [6.45, 7) is 2.06. The predicted octanol–water partition coefficient (Wildman–Crippen LogP) is -1.37. The summed E-state index contributed by atoms with van der Waals surface area (Å²) in [7, 11) is -9.35. The number of aliphatic hydroxyl groups excluding tert-OH is 3. The number of benzene rings is 1. The molecule has 2 heterocycles. The molecule has 0 bridgehead atoms. The van der Waals surface area contributed by atoms with Crippen LogP contribution in [0.2, 0.25) is 0 Å². The second-order valence-electron chi connectivity index (χ2n) is 7.88. The maximum absolute atomic E-state index is 12.3. The van der Waals surface area contributed by atoms with Crippen LogP contribution in [0.15, 0.2) is 21.7 Å². The van der Waals surface area contributed by atoms with Crippen LogP contribution in [0.5, 0.6) is 0 Å². The number of H-pyrrole nitrogens is 2. The van der Waals surface area contributed by atoms with Crippen LogP contribution < -0.4 is 15.8 Å². The molecule has 5 atom stereocenters. The molecular formula is C18H25N4O12P2+. The number of phosphoric ester groups is 2. The van der Waals surface area contributed by atoms with Gasteiger partial charge in [0.2, 0.25) is 5.52 Å². The van der Waals surface area contributed by atoms with Crippen molar-refractivity contribution in [3.8, 4) is 0 Å². The third-order valence-corrected chi connectivity index (χ3v) is 7.87. The number of aryl methyl sites for hydroxylation is 2. The molecule has 0 aliphatic rings. The minimum absolute atomic E-state index is 0.0667. The van der Waals surface area contributed by atoms with Crippen LogP contribution in [0, 0.1) is 13.8 Å². The fourth-order valence-corrected chi connectivity index (χ4v) is 5.14. The largest absolute Gasteiger partial charge is 0.481 e. The smallest absolute Gasteiger partial charge is 0.388 e. The second-order valence-corrected chi connectivity index (χ2v) is 11.0. The van der Waals surface area contributed by atoms with E-state index in [4.69, 9.17) is 4.89 Å². The van der Waals surface area contributed by atoms with Gasteiger partial charge >= 0.3 is 27.0 Å². The average Bonchev–Trinajstić information content (AvgIpc) is 2.78. The highest BCUT2D eigenvalue weighted by Crippen LogP contribution is 2.59. The molecule has 2 unspecified atom stereocenters. The van der Waals surface area contributed by atoms with E-state index in [0.717, 1.165) is 18.2 Å². The van der Waals surface area contributed by atoms with Crippen LogP contribution in [0.4, 0.5) is 0 Å². The monoisotopic (exact) mass is 551 g/mol. The fourth-order valence-electron chi connectivity index (χ4n) is 3.30. The summed E-state index contributed by atoms with van der Waals surface area (Å²) in [5, 5.41) is 31.2. The number of hydrogen-bond acceptors (Lipinski definition) is 11. The topological polar surface area (TPSA) is 245 Å². The van der Waals surface area contributed by atoms with Crippen LogP contribution in [0.3, 0.4) is 0 Å². The number of fused-ring (bicyclic) bond motifs is 2. The first kappa shape index (κ1) is 28.2. The fraction of sp³-hybridized carbons (Fsp3) is 0.444. The summed E-state index contributed by atoms with van der Waals surface area (Å²) in [6.07, 6.45) is -5.73. The molecule has 0 saturated heterocycles. The molecule has 0 aliphatic heterocycles. The Morgan fingerprint density at radius 1 is 1.03 bits per heavy atom. The SMILES string of the molecule is COP(=O)(O)OP(=O)(O)OC[C@@H](O)[C@@H](O)[C@@H](O)C[n+]1c2cc(C)c(C)cc2nc2c(=O)[nH]c(=O)[nH]c21. The van der Waals surface area contributed by atoms with Crippen molar-refractivity contribution >= 4 is 37.8 Å². The van der Waals surface area contributed by atoms with Crippen LogP contribution in [-0.2, 0) is 29.0 Å². The molecule has 0 fully saturated rings. The molecule has 3 aromatic rings. The normalized spacial score (nSPS) is 18.0. The zero-order valence-corrected chi connectivity index (χ0v) is 21.0. The Bertz CT molecular complexity index is 1510. The number of hydrogen-bond donors (Lipinski definition) is 7. The van der Waals surface area contributed by atoms with E-state index in [-0.39, 0.29) is 11.2 Å². The highest BCUT2D eigenvalue weighted by molar-refractivity contribution is 7.61. The lowest BCUT2D eigenvalue weighted by atomic mass is 10.1. The second kappa shape index (κ2) is 10.6. The molecule has 2 aromatic heterocycles. The van der Waals surface area contributed by atoms with E-state index >= 15 is 0 Å². The van der Waals surface area contributed by atoms with E-state index in [1.54, 1.807) is 19.1 Å². The maximum Gasteiger partial charge on any atom is 0.481 e. The molecule has 18 heteroatoms. The van der Waals surface area contributed by atoms with Crippen molar-refractivity contribution in [3.63, 3.8) is 0 Å². The van der Waals surface area contributed by atoms with Gasteiger partial charge in [0.1, 0.15) is 30.4 Å². The number of phosphoric acid groups is 2. The van der Waals surface area contributed by atoms with Crippen LogP contribution in [0.1, 0.15) is 11.1 Å². The van der Waals surface area contributed by atoms with Gasteiger partial charge < -0.3 is 25.1 Å². The van der Waals surface area contributed by atoms with Crippen LogP contribution in [0.25, 0.3) is 22.2 Å². The van der Waals surface area contributed by atoms with Crippen molar-refractivity contribution < 1.29 is 52.2 Å². The molecular weight excluding hydrogens is 526 g/mol. The molecule has 198 valence electrons. The summed E-state index contributed by atoms with van der Waals surface area (Å²) in [6, 6.07) is 3.38. The molecule has 1 aromatic carbocycles. The zero-order valence-electron chi connectivity index (χ0n) is 19.2. The highest BCUT2D eigenvalue weighted by atomic mass is 31.3. The van der Waals surface area contributed by atoms with E-state index in [1.165, 1.54) is 4.57 Å². The first-order valence-corrected chi connectivity index (χ1v) is 13.2. The Kier molecular flexibility index (Phi) is 8.27. The van der Waals surface area contributed by atoms with Crippen molar-refractivity contribution in [1.82, 2.24) is 15.0 Å². The first-order valence-electron chi connectivity index (χ1n) is 10.2. The van der Waals surface area contributed by atoms with Crippen LogP contribution in [-0.4, -0.2) is 72.1 Å². The summed E-state index contributed by atoms with van der Waals surface area (Å²) in [4.78, 5) is 51.6. The van der Waals surface area contributed by atoms with Gasteiger partial charge in [0, 0.05) is 7.11 Å². The minimum Gasteiger partial charge on any atom is -0.388 e. The summed E-state index contributed by atoms with van der Waals surface area (Å²) in [5.74, 6) is 0. The molecule has 36 heavy (non-hydrogen) atoms. The van der Waals surface area contributed by atoms with Gasteiger partial charge in [-0.2, -0.15) is 9.29 Å². The quantitative estimate of drug-likeness (QED) is 0.0874. The lowest BCUT2D eigenvalue weighted by Crippen LogP contribution is -2.51. The molecule has 7 N–H and O–H groups in total. The lowest BCUT2D eigenvalue weighted by molar-refractivity contribution is -0.657. The Morgan fingerprint density at radius 3 is 2.31 bits per heavy atom. The minimum atomic E-state index is -5.19. The van der Waals surface area contributed by atoms with Gasteiger partial charge in [-0.1, -0.05) is 0 Å². The number of nitrogens with one attached hydrogen (secondary N) is 2. The van der Waals surface area contributed by atoms with Gasteiger partial charge in [0.15, 0.2) is 5.52 Å². The first-order chi connectivity index (χ1) is 16.6. The molecule has 0 amide bonds. The third kappa shape index (κ3) is 6.30. The van der Waals surface area contributed by atoms with Gasteiger partial charge in [-0.25, -0.2) is 23.5 Å². The molecule has 0 radical (unpaired) electrons. The number of aromatic nitrogens is 4. The average molecular weight is 551 g/mol. The third-order valence-electron chi connectivity index (χ3n) is 5.29. The van der Waals surface area contributed by atoms with Crippen molar-refractivity contribution in [2.75, 3.05) is 13.7 Å².